The van der Waals surface area contributed by atoms with Crippen LogP contribution in [-0.2, 0) is 15.7 Å². The standard InChI is InChI=1S/C25H24F3N3O3/c1-15-6-7-17(24(32)33)10-11-34-14-20-22(15)30-31(23(20)16-4-2-3-5-16)19-9-8-18(13-29)21(12-19)25(26,27)28/h6-10,12,16,20,23H,1-5,11,14H2,(H,32,33)/b7-6-,17-10+. The normalized spacial score (nSPS) is 26.3. The Bertz CT molecular complexity index is 1120. The van der Waals surface area contributed by atoms with Crippen LogP contribution in [0.4, 0.5) is 18.9 Å². The number of ether oxygens (including phenoxy) is 1. The molecular formula is C25H24F3N3O3. The number of carboxylic acids is 1. The summed E-state index contributed by atoms with van der Waals surface area (Å²) in [6.07, 6.45) is 3.71. The van der Waals surface area contributed by atoms with Crippen molar-refractivity contribution >= 4 is 17.4 Å². The zero-order chi connectivity index (χ0) is 24.5. The molecule has 2 unspecified atom stereocenters. The second-order valence-corrected chi connectivity index (χ2v) is 8.67. The van der Waals surface area contributed by atoms with Gasteiger partial charge in [0.15, 0.2) is 0 Å². The number of halogens is 3. The lowest BCUT2D eigenvalue weighted by Crippen LogP contribution is -2.41. The van der Waals surface area contributed by atoms with Crippen LogP contribution in [0.5, 0.6) is 0 Å². The van der Waals surface area contributed by atoms with Crippen molar-refractivity contribution in [1.29, 1.82) is 5.26 Å². The molecule has 2 atom stereocenters. The minimum Gasteiger partial charge on any atom is -0.478 e. The summed E-state index contributed by atoms with van der Waals surface area (Å²) in [6.45, 7) is 4.38. The van der Waals surface area contributed by atoms with Crippen LogP contribution < -0.4 is 5.01 Å². The fourth-order valence-electron chi connectivity index (χ4n) is 4.98. The van der Waals surface area contributed by atoms with Crippen LogP contribution in [0.3, 0.4) is 0 Å². The third-order valence-electron chi connectivity index (χ3n) is 6.60. The molecule has 0 amide bonds. The van der Waals surface area contributed by atoms with Crippen LogP contribution in [0, 0.1) is 23.2 Å². The largest absolute Gasteiger partial charge is 0.478 e. The summed E-state index contributed by atoms with van der Waals surface area (Å²) in [7, 11) is 0. The van der Waals surface area contributed by atoms with Crippen LogP contribution >= 0.6 is 0 Å². The number of carbonyl (C=O) groups is 1. The molecule has 0 bridgehead atoms. The van der Waals surface area contributed by atoms with Crippen molar-refractivity contribution in [3.63, 3.8) is 0 Å². The van der Waals surface area contributed by atoms with E-state index in [0.717, 1.165) is 31.7 Å². The van der Waals surface area contributed by atoms with Crippen molar-refractivity contribution in [3.8, 4) is 6.07 Å². The van der Waals surface area contributed by atoms with E-state index < -0.39 is 23.3 Å². The number of fused-ring (bicyclic) bond motifs is 1. The Morgan fingerprint density at radius 3 is 2.65 bits per heavy atom. The van der Waals surface area contributed by atoms with E-state index in [1.807, 2.05) is 0 Å². The summed E-state index contributed by atoms with van der Waals surface area (Å²) in [5, 5.41) is 24.8. The number of nitriles is 1. The minimum absolute atomic E-state index is 0.0595. The molecule has 34 heavy (non-hydrogen) atoms. The average Bonchev–Trinajstić information content (AvgIpc) is 3.45. The van der Waals surface area contributed by atoms with E-state index in [1.165, 1.54) is 24.3 Å². The van der Waals surface area contributed by atoms with Crippen LogP contribution in [-0.4, -0.2) is 36.0 Å². The number of carboxylic acid groups (broad SMARTS) is 1. The second kappa shape index (κ2) is 9.47. The molecule has 1 aromatic rings. The van der Waals surface area contributed by atoms with Gasteiger partial charge in [0.2, 0.25) is 0 Å². The molecule has 6 nitrogen and oxygen atoms in total. The Labute approximate surface area is 195 Å². The number of aliphatic carboxylic acids is 1. The highest BCUT2D eigenvalue weighted by molar-refractivity contribution is 6.06. The maximum absolute atomic E-state index is 13.7. The summed E-state index contributed by atoms with van der Waals surface area (Å²) >= 11 is 0. The quantitative estimate of drug-likeness (QED) is 0.664. The maximum Gasteiger partial charge on any atom is 0.417 e. The Hall–Kier alpha value is -3.38. The van der Waals surface area contributed by atoms with Gasteiger partial charge in [-0.25, -0.2) is 4.79 Å². The smallest absolute Gasteiger partial charge is 0.417 e. The summed E-state index contributed by atoms with van der Waals surface area (Å²) in [5.41, 5.74) is -0.0809. The van der Waals surface area contributed by atoms with Gasteiger partial charge >= 0.3 is 12.1 Å². The Balaban J connectivity index is 1.79. The molecule has 178 valence electrons. The van der Waals surface area contributed by atoms with E-state index in [0.29, 0.717) is 11.3 Å². The molecule has 0 spiro atoms. The van der Waals surface area contributed by atoms with Crippen LogP contribution in [0.25, 0.3) is 0 Å². The first-order valence-corrected chi connectivity index (χ1v) is 11.1. The van der Waals surface area contributed by atoms with Crippen molar-refractivity contribution in [2.45, 2.75) is 37.9 Å². The van der Waals surface area contributed by atoms with Crippen molar-refractivity contribution in [1.82, 2.24) is 0 Å². The fourth-order valence-corrected chi connectivity index (χ4v) is 4.98. The van der Waals surface area contributed by atoms with Gasteiger partial charge < -0.3 is 9.84 Å². The number of hydrazone groups is 1. The van der Waals surface area contributed by atoms with E-state index in [-0.39, 0.29) is 42.4 Å². The summed E-state index contributed by atoms with van der Waals surface area (Å²) in [4.78, 5) is 11.4. The van der Waals surface area contributed by atoms with Crippen LogP contribution in [0.2, 0.25) is 0 Å². The number of hydrogen-bond acceptors (Lipinski definition) is 5. The minimum atomic E-state index is -4.68. The molecule has 9 heteroatoms. The van der Waals surface area contributed by atoms with E-state index in [4.69, 9.17) is 15.1 Å². The highest BCUT2D eigenvalue weighted by Crippen LogP contribution is 2.43. The van der Waals surface area contributed by atoms with Gasteiger partial charge in [-0.2, -0.15) is 23.5 Å². The number of benzene rings is 1. The highest BCUT2D eigenvalue weighted by atomic mass is 19.4. The van der Waals surface area contributed by atoms with Gasteiger partial charge in [0.05, 0.1) is 53.4 Å². The van der Waals surface area contributed by atoms with Crippen LogP contribution in [0.1, 0.15) is 36.8 Å². The molecule has 2 aliphatic heterocycles. The number of anilines is 1. The van der Waals surface area contributed by atoms with E-state index in [2.05, 4.69) is 6.58 Å². The van der Waals surface area contributed by atoms with E-state index in [1.54, 1.807) is 17.2 Å². The number of allylic oxidation sites excluding steroid dienone is 2. The topological polar surface area (TPSA) is 85.9 Å². The Morgan fingerprint density at radius 2 is 2.00 bits per heavy atom. The zero-order valence-corrected chi connectivity index (χ0v) is 18.4. The van der Waals surface area contributed by atoms with Gasteiger partial charge in [-0.15, -0.1) is 0 Å². The molecule has 1 fully saturated rings. The molecule has 0 saturated heterocycles. The molecular weight excluding hydrogens is 447 g/mol. The number of nitrogens with zero attached hydrogens (tertiary/aromatic N) is 3. The summed E-state index contributed by atoms with van der Waals surface area (Å²) < 4.78 is 46.8. The van der Waals surface area contributed by atoms with E-state index >= 15 is 0 Å². The average molecular weight is 471 g/mol. The lowest BCUT2D eigenvalue weighted by atomic mass is 9.83. The lowest BCUT2D eigenvalue weighted by molar-refractivity contribution is -0.137. The van der Waals surface area contributed by atoms with Crippen molar-refractivity contribution < 1.29 is 27.8 Å². The first kappa shape index (κ1) is 23.8. The fraction of sp³-hybridized carbons (Fsp3) is 0.400. The van der Waals surface area contributed by atoms with Crippen LogP contribution in [0.15, 0.2) is 59.3 Å². The molecule has 1 aromatic carbocycles. The van der Waals surface area contributed by atoms with Gasteiger partial charge in [-0.05, 0) is 54.7 Å². The molecule has 1 N–H and O–H groups in total. The highest BCUT2D eigenvalue weighted by Gasteiger charge is 2.45. The predicted octanol–water partition coefficient (Wildman–Crippen LogP) is 5.08. The van der Waals surface area contributed by atoms with Crippen molar-refractivity contribution in [2.75, 3.05) is 18.2 Å². The number of hydrogen-bond donors (Lipinski definition) is 1. The molecule has 1 saturated carbocycles. The first-order valence-electron chi connectivity index (χ1n) is 11.1. The maximum atomic E-state index is 13.7. The molecule has 1 aliphatic carbocycles. The Morgan fingerprint density at radius 1 is 1.26 bits per heavy atom. The van der Waals surface area contributed by atoms with Gasteiger partial charge in [0.1, 0.15) is 0 Å². The van der Waals surface area contributed by atoms with Gasteiger partial charge in [0, 0.05) is 5.92 Å². The SMILES string of the molecule is C=C1/C=C\C(C(=O)O)=C/COCC2C1=NN(c1ccc(C#N)c(C(F)(F)F)c1)C2C1CCCC1. The third-order valence-corrected chi connectivity index (χ3v) is 6.60. The lowest BCUT2D eigenvalue weighted by Gasteiger charge is -2.33. The molecule has 0 radical (unpaired) electrons. The van der Waals surface area contributed by atoms with Crippen molar-refractivity contribution in [2.24, 2.45) is 16.9 Å². The number of alkyl halides is 3. The summed E-state index contributed by atoms with van der Waals surface area (Å²) in [5.74, 6) is -1.14. The first-order chi connectivity index (χ1) is 16.2. The number of rotatable bonds is 3. The van der Waals surface area contributed by atoms with Gasteiger partial charge in [-0.1, -0.05) is 25.5 Å². The van der Waals surface area contributed by atoms with Gasteiger partial charge in [0.25, 0.3) is 0 Å². The zero-order valence-electron chi connectivity index (χ0n) is 18.4. The molecule has 2 heterocycles. The molecule has 0 aromatic heterocycles. The molecule has 4 rings (SSSR count). The van der Waals surface area contributed by atoms with Gasteiger partial charge in [-0.3, -0.25) is 5.01 Å². The predicted molar refractivity (Wildman–Crippen MR) is 120 cm³/mol. The Kier molecular flexibility index (Phi) is 6.62. The summed E-state index contributed by atoms with van der Waals surface area (Å²) in [6, 6.07) is 5.02. The van der Waals surface area contributed by atoms with E-state index in [9.17, 15) is 23.1 Å². The third kappa shape index (κ3) is 4.64. The second-order valence-electron chi connectivity index (χ2n) is 8.67. The monoisotopic (exact) mass is 471 g/mol. The van der Waals surface area contributed by atoms with Crippen molar-refractivity contribution in [3.05, 3.63) is 65.3 Å². The molecule has 3 aliphatic rings.